The largest absolute Gasteiger partial charge is 0.494 e. The molecule has 6 nitrogen and oxygen atoms in total. The van der Waals surface area contributed by atoms with Crippen LogP contribution in [0.25, 0.3) is 17.1 Å². The van der Waals surface area contributed by atoms with E-state index in [1.807, 2.05) is 84.6 Å². The topological polar surface area (TPSA) is 60.2 Å². The van der Waals surface area contributed by atoms with E-state index < -0.39 is 0 Å². The SMILES string of the molecule is CCOc1ccc(-n2c(SCC(=O)N(C)Cc3cccs3)nnc2-c2ccccc2Cl)cc1. The van der Waals surface area contributed by atoms with Crippen LogP contribution in [0.3, 0.4) is 0 Å². The Kier molecular flexibility index (Phi) is 7.69. The molecule has 0 N–H and O–H groups in total. The summed E-state index contributed by atoms with van der Waals surface area (Å²) in [7, 11) is 1.81. The van der Waals surface area contributed by atoms with Gasteiger partial charge >= 0.3 is 0 Å². The summed E-state index contributed by atoms with van der Waals surface area (Å²) in [5, 5.41) is 12.0. The van der Waals surface area contributed by atoms with E-state index in [1.54, 1.807) is 16.2 Å². The molecule has 170 valence electrons. The van der Waals surface area contributed by atoms with Gasteiger partial charge in [-0.05, 0) is 54.8 Å². The minimum atomic E-state index is 0.0222. The number of amides is 1. The summed E-state index contributed by atoms with van der Waals surface area (Å²) in [4.78, 5) is 15.6. The van der Waals surface area contributed by atoms with Gasteiger partial charge in [-0.1, -0.05) is 41.6 Å². The first kappa shape index (κ1) is 23.4. The third-order valence-corrected chi connectivity index (χ3v) is 6.98. The summed E-state index contributed by atoms with van der Waals surface area (Å²) < 4.78 is 7.50. The highest BCUT2D eigenvalue weighted by atomic mass is 35.5. The molecule has 0 unspecified atom stereocenters. The Balaban J connectivity index is 1.61. The number of carbonyl (C=O) groups excluding carboxylic acids is 1. The first-order valence-corrected chi connectivity index (χ1v) is 12.6. The molecule has 1 amide bonds. The number of hydrogen-bond acceptors (Lipinski definition) is 6. The molecule has 2 aromatic heterocycles. The zero-order valence-corrected chi connectivity index (χ0v) is 20.7. The molecule has 0 saturated heterocycles. The fourth-order valence-corrected chi connectivity index (χ4v) is 5.10. The van der Waals surface area contributed by atoms with Gasteiger partial charge in [0.15, 0.2) is 11.0 Å². The molecule has 0 spiro atoms. The molecule has 0 aliphatic heterocycles. The van der Waals surface area contributed by atoms with E-state index in [2.05, 4.69) is 10.2 Å². The lowest BCUT2D eigenvalue weighted by molar-refractivity contribution is -0.127. The van der Waals surface area contributed by atoms with Gasteiger partial charge in [-0.2, -0.15) is 0 Å². The van der Waals surface area contributed by atoms with Crippen molar-refractivity contribution in [1.82, 2.24) is 19.7 Å². The molecule has 9 heteroatoms. The number of nitrogens with zero attached hydrogens (tertiary/aromatic N) is 4. The Morgan fingerprint density at radius 3 is 2.61 bits per heavy atom. The monoisotopic (exact) mass is 498 g/mol. The summed E-state index contributed by atoms with van der Waals surface area (Å²) in [6.45, 7) is 3.14. The van der Waals surface area contributed by atoms with Crippen LogP contribution < -0.4 is 4.74 Å². The molecule has 0 fully saturated rings. The highest BCUT2D eigenvalue weighted by molar-refractivity contribution is 7.99. The number of carbonyl (C=O) groups is 1. The Bertz CT molecular complexity index is 1210. The van der Waals surface area contributed by atoms with E-state index in [-0.39, 0.29) is 11.7 Å². The minimum absolute atomic E-state index is 0.0222. The van der Waals surface area contributed by atoms with Gasteiger partial charge in [0.1, 0.15) is 5.75 Å². The van der Waals surface area contributed by atoms with Crippen LogP contribution in [0, 0.1) is 0 Å². The van der Waals surface area contributed by atoms with Crippen LogP contribution in [0.15, 0.2) is 71.2 Å². The van der Waals surface area contributed by atoms with E-state index in [0.29, 0.717) is 29.2 Å². The molecule has 0 aliphatic rings. The third kappa shape index (κ3) is 5.58. The predicted octanol–water partition coefficient (Wildman–Crippen LogP) is 5.80. The van der Waals surface area contributed by atoms with Crippen LogP contribution >= 0.6 is 34.7 Å². The smallest absolute Gasteiger partial charge is 0.233 e. The normalized spacial score (nSPS) is 10.9. The van der Waals surface area contributed by atoms with E-state index in [4.69, 9.17) is 16.3 Å². The Morgan fingerprint density at radius 2 is 1.91 bits per heavy atom. The molecule has 2 aromatic carbocycles. The lowest BCUT2D eigenvalue weighted by atomic mass is 10.2. The van der Waals surface area contributed by atoms with Gasteiger partial charge in [-0.15, -0.1) is 21.5 Å². The number of hydrogen-bond donors (Lipinski definition) is 0. The van der Waals surface area contributed by atoms with Crippen molar-refractivity contribution >= 4 is 40.6 Å². The summed E-state index contributed by atoms with van der Waals surface area (Å²) in [6, 6.07) is 19.2. The first-order chi connectivity index (χ1) is 16.1. The fraction of sp³-hybridized carbons (Fsp3) is 0.208. The Morgan fingerprint density at radius 1 is 1.12 bits per heavy atom. The van der Waals surface area contributed by atoms with Gasteiger partial charge in [0.2, 0.25) is 5.91 Å². The maximum atomic E-state index is 12.8. The van der Waals surface area contributed by atoms with Crippen LogP contribution in [0.2, 0.25) is 5.02 Å². The first-order valence-electron chi connectivity index (χ1n) is 10.4. The van der Waals surface area contributed by atoms with E-state index >= 15 is 0 Å². The summed E-state index contributed by atoms with van der Waals surface area (Å²) in [5.41, 5.74) is 1.63. The van der Waals surface area contributed by atoms with Crippen molar-refractivity contribution in [3.05, 3.63) is 75.9 Å². The lowest BCUT2D eigenvalue weighted by Gasteiger charge is -2.16. The zero-order chi connectivity index (χ0) is 23.2. The van der Waals surface area contributed by atoms with Crippen molar-refractivity contribution in [3.63, 3.8) is 0 Å². The maximum absolute atomic E-state index is 12.8. The number of aromatic nitrogens is 3. The molecule has 0 bridgehead atoms. The molecule has 33 heavy (non-hydrogen) atoms. The molecule has 0 saturated carbocycles. The van der Waals surface area contributed by atoms with Gasteiger partial charge in [-0.3, -0.25) is 9.36 Å². The Hall–Kier alpha value is -2.81. The van der Waals surface area contributed by atoms with Crippen molar-refractivity contribution < 1.29 is 9.53 Å². The van der Waals surface area contributed by atoms with Crippen molar-refractivity contribution in [3.8, 4) is 22.8 Å². The second-order valence-electron chi connectivity index (χ2n) is 7.17. The average molecular weight is 499 g/mol. The summed E-state index contributed by atoms with van der Waals surface area (Å²) in [6.07, 6.45) is 0. The van der Waals surface area contributed by atoms with Crippen molar-refractivity contribution in [1.29, 1.82) is 0 Å². The quantitative estimate of drug-likeness (QED) is 0.273. The predicted molar refractivity (Wildman–Crippen MR) is 134 cm³/mol. The van der Waals surface area contributed by atoms with Crippen LogP contribution in [0.4, 0.5) is 0 Å². The highest BCUT2D eigenvalue weighted by Crippen LogP contribution is 2.32. The Labute approximate surface area is 206 Å². The zero-order valence-electron chi connectivity index (χ0n) is 18.3. The lowest BCUT2D eigenvalue weighted by Crippen LogP contribution is -2.27. The fourth-order valence-electron chi connectivity index (χ4n) is 3.23. The highest BCUT2D eigenvalue weighted by Gasteiger charge is 2.20. The number of ether oxygens (including phenoxy) is 1. The van der Waals surface area contributed by atoms with Gasteiger partial charge in [-0.25, -0.2) is 0 Å². The van der Waals surface area contributed by atoms with Crippen LogP contribution in [0.5, 0.6) is 5.75 Å². The van der Waals surface area contributed by atoms with E-state index in [9.17, 15) is 4.79 Å². The summed E-state index contributed by atoms with van der Waals surface area (Å²) >= 11 is 9.46. The average Bonchev–Trinajstić information content (AvgIpc) is 3.48. The van der Waals surface area contributed by atoms with E-state index in [0.717, 1.165) is 21.9 Å². The molecular weight excluding hydrogens is 476 g/mol. The maximum Gasteiger partial charge on any atom is 0.233 e. The van der Waals surface area contributed by atoms with Gasteiger partial charge < -0.3 is 9.64 Å². The molecule has 4 aromatic rings. The number of benzene rings is 2. The molecular formula is C24H23ClN4O2S2. The molecule has 4 rings (SSSR count). The van der Waals surface area contributed by atoms with Crippen molar-refractivity contribution in [2.24, 2.45) is 0 Å². The molecule has 0 aliphatic carbocycles. The second-order valence-corrected chi connectivity index (χ2v) is 9.55. The van der Waals surface area contributed by atoms with Crippen LogP contribution in [0.1, 0.15) is 11.8 Å². The van der Waals surface area contributed by atoms with Crippen molar-refractivity contribution in [2.75, 3.05) is 19.4 Å². The van der Waals surface area contributed by atoms with Gasteiger partial charge in [0.25, 0.3) is 0 Å². The van der Waals surface area contributed by atoms with Gasteiger partial charge in [0.05, 0.1) is 23.9 Å². The second kappa shape index (κ2) is 10.9. The molecule has 0 radical (unpaired) electrons. The molecule has 2 heterocycles. The van der Waals surface area contributed by atoms with Gasteiger partial charge in [0, 0.05) is 23.2 Å². The number of thiophene rings is 1. The van der Waals surface area contributed by atoms with E-state index in [1.165, 1.54) is 11.8 Å². The van der Waals surface area contributed by atoms with Crippen molar-refractivity contribution in [2.45, 2.75) is 18.6 Å². The standard InChI is InChI=1S/C24H23ClN4O2S2/c1-3-31-18-12-10-17(11-13-18)29-23(20-8-4-5-9-21(20)25)26-27-24(29)33-16-22(30)28(2)15-19-7-6-14-32-19/h4-14H,3,15-16H2,1-2H3. The minimum Gasteiger partial charge on any atom is -0.494 e. The summed E-state index contributed by atoms with van der Waals surface area (Å²) in [5.74, 6) is 1.67. The number of halogens is 1. The number of rotatable bonds is 9. The number of thioether (sulfide) groups is 1. The molecule has 0 atom stereocenters. The van der Waals surface area contributed by atoms with Crippen LogP contribution in [-0.4, -0.2) is 45.0 Å². The van der Waals surface area contributed by atoms with Crippen LogP contribution in [-0.2, 0) is 11.3 Å². The third-order valence-electron chi connectivity index (χ3n) is 4.88.